The van der Waals surface area contributed by atoms with Crippen LogP contribution in [0.1, 0.15) is 13.8 Å². The molecule has 0 aliphatic rings. The average Bonchev–Trinajstić information content (AvgIpc) is 0.722. The van der Waals surface area contributed by atoms with Crippen LogP contribution < -0.4 is 34.7 Å². The molecule has 31 valence electrons. The van der Waals surface area contributed by atoms with Crippen molar-refractivity contribution >= 4 is 0 Å². The third kappa shape index (κ3) is 84.4. The van der Waals surface area contributed by atoms with Crippen LogP contribution in [0.3, 0.4) is 0 Å². The van der Waals surface area contributed by atoms with Crippen molar-refractivity contribution in [3.05, 3.63) is 6.92 Å². The maximum atomic E-state index is 9.99. The van der Waals surface area contributed by atoms with Gasteiger partial charge in [-0.05, 0) is 0 Å². The topological polar surface area (TPSA) is 23.1 Å². The summed E-state index contributed by atoms with van der Waals surface area (Å²) in [5.74, 6) is 0. The Kier molecular flexibility index (Phi) is 5.07. The molecule has 0 bridgehead atoms. The van der Waals surface area contributed by atoms with E-state index in [0.717, 1.165) is 0 Å². The van der Waals surface area contributed by atoms with Crippen molar-refractivity contribution in [3.63, 3.8) is 0 Å². The molecule has 0 spiro atoms. The van der Waals surface area contributed by atoms with Gasteiger partial charge in [-0.3, -0.25) is 0 Å². The zero-order valence-electron chi connectivity index (χ0n) is 4.62. The molecular formula is C4H8NaO. The second kappa shape index (κ2) is 3.03. The second-order valence-electron chi connectivity index (χ2n) is 1.76. The van der Waals surface area contributed by atoms with Crippen molar-refractivity contribution < 1.29 is 34.7 Å². The smallest absolute Gasteiger partial charge is 0.850 e. The largest absolute Gasteiger partial charge is 1.00 e. The van der Waals surface area contributed by atoms with Gasteiger partial charge in [-0.2, -0.15) is 0 Å². The van der Waals surface area contributed by atoms with Gasteiger partial charge in [0.05, 0.1) is 0 Å². The monoisotopic (exact) mass is 95.0 g/mol. The summed E-state index contributed by atoms with van der Waals surface area (Å²) in [6.07, 6.45) is 0. The molecule has 0 rings (SSSR count). The van der Waals surface area contributed by atoms with Gasteiger partial charge in [0.1, 0.15) is 0 Å². The molecule has 0 unspecified atom stereocenters. The Hall–Kier alpha value is 0.960. The zero-order valence-corrected chi connectivity index (χ0v) is 6.62. The first kappa shape index (κ1) is 10.0. The van der Waals surface area contributed by atoms with Crippen molar-refractivity contribution in [2.24, 2.45) is 0 Å². The van der Waals surface area contributed by atoms with Crippen LogP contribution in [-0.4, -0.2) is 5.60 Å². The van der Waals surface area contributed by atoms with Gasteiger partial charge in [-0.1, -0.05) is 20.8 Å². The molecule has 0 N–H and O–H groups in total. The van der Waals surface area contributed by atoms with Gasteiger partial charge in [-0.15, -0.1) is 5.60 Å². The molecule has 0 aliphatic heterocycles. The maximum Gasteiger partial charge on any atom is 1.00 e. The van der Waals surface area contributed by atoms with E-state index in [1.807, 2.05) is 0 Å². The van der Waals surface area contributed by atoms with Gasteiger partial charge in [0.2, 0.25) is 0 Å². The molecule has 1 nitrogen and oxygen atoms in total. The summed E-state index contributed by atoms with van der Waals surface area (Å²) < 4.78 is 0. The molecule has 0 atom stereocenters. The first-order valence-corrected chi connectivity index (χ1v) is 1.56. The zero-order chi connectivity index (χ0) is 4.50. The fourth-order valence-corrected chi connectivity index (χ4v) is 0. The van der Waals surface area contributed by atoms with Gasteiger partial charge in [0.15, 0.2) is 0 Å². The first-order valence-electron chi connectivity index (χ1n) is 1.56. The normalized spacial score (nSPS) is 10.0. The van der Waals surface area contributed by atoms with Crippen LogP contribution in [0, 0.1) is 6.92 Å². The van der Waals surface area contributed by atoms with Crippen LogP contribution in [0.25, 0.3) is 0 Å². The van der Waals surface area contributed by atoms with E-state index in [9.17, 15) is 5.11 Å². The molecule has 0 heterocycles. The van der Waals surface area contributed by atoms with E-state index >= 15 is 0 Å². The Morgan fingerprint density at radius 3 is 1.50 bits per heavy atom. The fraction of sp³-hybridized carbons (Fsp3) is 0.750. The summed E-state index contributed by atoms with van der Waals surface area (Å²) >= 11 is 0. The fourth-order valence-electron chi connectivity index (χ4n) is 0. The van der Waals surface area contributed by atoms with Crippen LogP contribution in [0.4, 0.5) is 0 Å². The SMILES string of the molecule is [CH2]C(C)(C)[O-].[Na+]. The maximum absolute atomic E-state index is 9.99. The van der Waals surface area contributed by atoms with E-state index in [1.54, 1.807) is 0 Å². The summed E-state index contributed by atoms with van der Waals surface area (Å²) in [7, 11) is 0. The molecule has 1 radical (unpaired) electrons. The number of hydrogen-bond acceptors (Lipinski definition) is 1. The third-order valence-corrected chi connectivity index (χ3v) is 0. The van der Waals surface area contributed by atoms with Crippen LogP contribution in [0.5, 0.6) is 0 Å². The molecule has 0 aromatic rings. The molecule has 0 aliphatic carbocycles. The second-order valence-corrected chi connectivity index (χ2v) is 1.76. The van der Waals surface area contributed by atoms with Gasteiger partial charge in [0, 0.05) is 0 Å². The number of rotatable bonds is 0. The van der Waals surface area contributed by atoms with E-state index in [2.05, 4.69) is 6.92 Å². The van der Waals surface area contributed by atoms with Crippen molar-refractivity contribution in [2.45, 2.75) is 19.4 Å². The van der Waals surface area contributed by atoms with E-state index in [-0.39, 0.29) is 29.6 Å². The quantitative estimate of drug-likeness (QED) is 0.293. The molecule has 0 saturated carbocycles. The molecule has 0 aromatic heterocycles. The van der Waals surface area contributed by atoms with Gasteiger partial charge in [0.25, 0.3) is 0 Å². The van der Waals surface area contributed by atoms with E-state index in [0.29, 0.717) is 0 Å². The van der Waals surface area contributed by atoms with Crippen LogP contribution >= 0.6 is 0 Å². The summed E-state index contributed by atoms with van der Waals surface area (Å²) in [5, 5.41) is 9.99. The summed E-state index contributed by atoms with van der Waals surface area (Å²) in [6.45, 7) is 6.26. The Labute approximate surface area is 61.0 Å². The van der Waals surface area contributed by atoms with Crippen LogP contribution in [-0.2, 0) is 0 Å². The molecule has 6 heavy (non-hydrogen) atoms. The van der Waals surface area contributed by atoms with Crippen LogP contribution in [0.15, 0.2) is 0 Å². The van der Waals surface area contributed by atoms with Crippen molar-refractivity contribution in [2.75, 3.05) is 0 Å². The van der Waals surface area contributed by atoms with E-state index in [4.69, 9.17) is 0 Å². The third-order valence-electron chi connectivity index (χ3n) is 0. The number of hydrogen-bond donors (Lipinski definition) is 0. The van der Waals surface area contributed by atoms with Crippen LogP contribution in [0.2, 0.25) is 0 Å². The van der Waals surface area contributed by atoms with E-state index in [1.165, 1.54) is 13.8 Å². The van der Waals surface area contributed by atoms with Gasteiger partial charge >= 0.3 is 29.6 Å². The molecule has 0 fully saturated rings. The van der Waals surface area contributed by atoms with Crippen molar-refractivity contribution in [3.8, 4) is 0 Å². The Bertz CT molecular complexity index is 23.0. The van der Waals surface area contributed by atoms with E-state index < -0.39 is 5.60 Å². The Morgan fingerprint density at radius 1 is 1.50 bits per heavy atom. The van der Waals surface area contributed by atoms with Crippen molar-refractivity contribution in [1.82, 2.24) is 0 Å². The van der Waals surface area contributed by atoms with Crippen molar-refractivity contribution in [1.29, 1.82) is 0 Å². The molecular weight excluding hydrogens is 87.0 g/mol. The minimum Gasteiger partial charge on any atom is -0.850 e. The Morgan fingerprint density at radius 2 is 1.50 bits per heavy atom. The van der Waals surface area contributed by atoms with Gasteiger partial charge < -0.3 is 5.11 Å². The predicted molar refractivity (Wildman–Crippen MR) is 19.4 cm³/mol. The summed E-state index contributed by atoms with van der Waals surface area (Å²) in [4.78, 5) is 0. The molecule has 0 saturated heterocycles. The predicted octanol–water partition coefficient (Wildman–Crippen LogP) is -3.04. The molecule has 0 amide bonds. The first-order chi connectivity index (χ1) is 2.00. The average molecular weight is 95.1 g/mol. The minimum atomic E-state index is -1.00. The molecule has 0 aromatic carbocycles. The molecule has 2 heteroatoms. The standard InChI is InChI=1S/C4H8O.Na/c1-4(2,3)5;/h1H2,2-3H3;/q-1;+1. The summed E-state index contributed by atoms with van der Waals surface area (Å²) in [6, 6.07) is 0. The van der Waals surface area contributed by atoms with Gasteiger partial charge in [-0.25, -0.2) is 0 Å². The summed E-state index contributed by atoms with van der Waals surface area (Å²) in [5.41, 5.74) is -1.00. The Balaban J connectivity index is 0. The minimum absolute atomic E-state index is 0.